The number of pyridine rings is 1. The van der Waals surface area contributed by atoms with Crippen LogP contribution in [0.3, 0.4) is 0 Å². The Morgan fingerprint density at radius 2 is 1.55 bits per heavy atom. The molecule has 66 heavy (non-hydrogen) atoms. The molecule has 3 aromatic carbocycles. The Balaban J connectivity index is 1.57. The zero-order valence-electron chi connectivity index (χ0n) is 38.3. The molecule has 0 fully saturated rings. The van der Waals surface area contributed by atoms with Gasteiger partial charge in [0.05, 0.1) is 28.7 Å². The number of carbonyl (C=O) groups is 5. The highest BCUT2D eigenvalue weighted by atomic mass is 16.5. The summed E-state index contributed by atoms with van der Waals surface area (Å²) in [5.74, 6) is -2.64. The Morgan fingerprint density at radius 3 is 2.15 bits per heavy atom. The molecule has 0 aliphatic carbocycles. The van der Waals surface area contributed by atoms with Crippen molar-refractivity contribution in [3.63, 3.8) is 0 Å². The van der Waals surface area contributed by atoms with E-state index in [9.17, 15) is 24.0 Å². The average Bonchev–Trinajstić information content (AvgIpc) is 3.29. The van der Waals surface area contributed by atoms with Crippen LogP contribution in [-0.4, -0.2) is 104 Å². The lowest BCUT2D eigenvalue weighted by Gasteiger charge is -2.32. The molecule has 1 aliphatic rings. The summed E-state index contributed by atoms with van der Waals surface area (Å²) in [5.41, 5.74) is 29.2. The van der Waals surface area contributed by atoms with E-state index in [4.69, 9.17) is 37.7 Å². The van der Waals surface area contributed by atoms with Crippen molar-refractivity contribution in [3.8, 4) is 40.0 Å². The molecule has 0 saturated carbocycles. The van der Waals surface area contributed by atoms with Gasteiger partial charge in [-0.05, 0) is 79.3 Å². The largest absolute Gasteiger partial charge is 0.492 e. The summed E-state index contributed by atoms with van der Waals surface area (Å²) in [6, 6.07) is 16.4. The van der Waals surface area contributed by atoms with E-state index >= 15 is 0 Å². The molecular weight excluding hydrogens is 843 g/mol. The van der Waals surface area contributed by atoms with Gasteiger partial charge in [-0.3, -0.25) is 29.0 Å². The van der Waals surface area contributed by atoms with Crippen molar-refractivity contribution in [2.24, 2.45) is 17.2 Å². The van der Waals surface area contributed by atoms with Crippen molar-refractivity contribution >= 4 is 35.2 Å². The standard InChI is InChI=1S/C48H61N11O7/c1-27-33(26-36(53)41(55-27)30-8-11-32(12-9-30)48(3,4)5)44(61)57-37(15-16-49)47(64)59(6)42-31-10-14-40(66-22-19-52)35(25-31)34-23-29(7-13-39(34)65-21-18-51)24-38(45(62)54-20-17-50)58-43(60)28(2)56-46(42)63/h7-14,23,25-26,28,37-38,42H,15-16,18-22,24,49,51-53H2,1-6H3,(H,54,62)(H,56,63)(H,57,61)(H,58,60)/t28-,37-,38-,42-/m0/s1. The van der Waals surface area contributed by atoms with Crippen molar-refractivity contribution in [2.45, 2.75) is 77.0 Å². The number of nitrogens with two attached hydrogens (primary N) is 4. The van der Waals surface area contributed by atoms with E-state index < -0.39 is 53.7 Å². The summed E-state index contributed by atoms with van der Waals surface area (Å²) in [4.78, 5) is 76.2. The van der Waals surface area contributed by atoms with Crippen LogP contribution in [0.25, 0.3) is 22.4 Å². The summed E-state index contributed by atoms with van der Waals surface area (Å²) in [5, 5.41) is 19.9. The third-order valence-corrected chi connectivity index (χ3v) is 11.1. The first kappa shape index (κ1) is 49.9. The number of anilines is 1. The molecule has 18 nitrogen and oxygen atoms in total. The minimum atomic E-state index is -1.41. The van der Waals surface area contributed by atoms with E-state index in [-0.39, 0.29) is 68.9 Å². The molecule has 4 atom stereocenters. The Kier molecular flexibility index (Phi) is 16.8. The molecule has 0 saturated heterocycles. The molecule has 12 N–H and O–H groups in total. The highest BCUT2D eigenvalue weighted by molar-refractivity contribution is 6.01. The number of likely N-dealkylation sites (N-methyl/N-ethyl adjacent to an activating group) is 1. The van der Waals surface area contributed by atoms with E-state index in [2.05, 4.69) is 47.0 Å². The van der Waals surface area contributed by atoms with Crippen LogP contribution in [0.4, 0.5) is 5.69 Å². The van der Waals surface area contributed by atoms with Gasteiger partial charge in [0.15, 0.2) is 0 Å². The minimum absolute atomic E-state index is 0.00158. The van der Waals surface area contributed by atoms with Gasteiger partial charge in [-0.1, -0.05) is 57.2 Å². The second kappa shape index (κ2) is 22.2. The van der Waals surface area contributed by atoms with Gasteiger partial charge in [0.2, 0.25) is 23.6 Å². The highest BCUT2D eigenvalue weighted by Crippen LogP contribution is 2.40. The van der Waals surface area contributed by atoms with Gasteiger partial charge in [0, 0.05) is 43.2 Å². The molecule has 1 aromatic heterocycles. The van der Waals surface area contributed by atoms with Gasteiger partial charge in [-0.25, -0.2) is 0 Å². The molecule has 0 spiro atoms. The molecule has 0 radical (unpaired) electrons. The number of nitriles is 1. The zero-order valence-corrected chi connectivity index (χ0v) is 38.3. The number of aryl methyl sites for hydroxylation is 1. The second-order valence-electron chi connectivity index (χ2n) is 17.1. The van der Waals surface area contributed by atoms with Crippen molar-refractivity contribution < 1.29 is 33.4 Å². The van der Waals surface area contributed by atoms with Crippen LogP contribution in [-0.2, 0) is 31.0 Å². The fraction of sp³-hybridized carbons (Fsp3) is 0.396. The van der Waals surface area contributed by atoms with Crippen LogP contribution in [0.15, 0.2) is 66.7 Å². The summed E-state index contributed by atoms with van der Waals surface area (Å²) in [7, 11) is 1.41. The highest BCUT2D eigenvalue weighted by Gasteiger charge is 2.36. The molecule has 0 unspecified atom stereocenters. The Hall–Kier alpha value is -7.07. The smallest absolute Gasteiger partial charge is 0.253 e. The fourth-order valence-electron chi connectivity index (χ4n) is 7.58. The lowest BCUT2D eigenvalue weighted by atomic mass is 9.86. The maximum Gasteiger partial charge on any atom is 0.253 e. The van der Waals surface area contributed by atoms with Crippen LogP contribution >= 0.6 is 0 Å². The van der Waals surface area contributed by atoms with Crippen LogP contribution in [0, 0.1) is 18.3 Å². The molecule has 5 rings (SSSR count). The third kappa shape index (κ3) is 12.0. The molecule has 2 heterocycles. The van der Waals surface area contributed by atoms with Gasteiger partial charge >= 0.3 is 0 Å². The number of carbonyl (C=O) groups excluding carboxylic acids is 5. The van der Waals surface area contributed by atoms with Crippen molar-refractivity contribution in [2.75, 3.05) is 52.2 Å². The number of nitrogens with zero attached hydrogens (tertiary/aromatic N) is 3. The Labute approximate surface area is 385 Å². The average molecular weight is 904 g/mol. The predicted octanol–water partition coefficient (Wildman–Crippen LogP) is 2.11. The number of rotatable bonds is 15. The molecule has 18 heteroatoms. The van der Waals surface area contributed by atoms with Crippen LogP contribution < -0.4 is 53.7 Å². The number of nitrogen functional groups attached to an aromatic ring is 1. The van der Waals surface area contributed by atoms with Crippen molar-refractivity contribution in [1.29, 1.82) is 5.26 Å². The lowest BCUT2D eigenvalue weighted by molar-refractivity contribution is -0.141. The van der Waals surface area contributed by atoms with Crippen LogP contribution in [0.2, 0.25) is 0 Å². The molecule has 350 valence electrons. The molecular formula is C48H61N11O7. The summed E-state index contributed by atoms with van der Waals surface area (Å²) >= 11 is 0. The van der Waals surface area contributed by atoms with E-state index in [0.717, 1.165) is 11.1 Å². The summed E-state index contributed by atoms with van der Waals surface area (Å²) < 4.78 is 12.2. The van der Waals surface area contributed by atoms with E-state index in [1.54, 1.807) is 43.3 Å². The number of hydrogen-bond acceptors (Lipinski definition) is 13. The first-order valence-corrected chi connectivity index (χ1v) is 21.8. The normalized spacial score (nSPS) is 16.6. The maximum absolute atomic E-state index is 14.7. The number of benzene rings is 3. The van der Waals surface area contributed by atoms with Crippen LogP contribution in [0.5, 0.6) is 11.5 Å². The number of ether oxygens (including phenoxy) is 2. The van der Waals surface area contributed by atoms with Gasteiger partial charge in [-0.15, -0.1) is 0 Å². The van der Waals surface area contributed by atoms with E-state index in [1.807, 2.05) is 30.3 Å². The Bertz CT molecular complexity index is 2460. The zero-order chi connectivity index (χ0) is 48.3. The molecule has 4 bridgehead atoms. The molecule has 5 amide bonds. The predicted molar refractivity (Wildman–Crippen MR) is 251 cm³/mol. The maximum atomic E-state index is 14.7. The first-order valence-electron chi connectivity index (χ1n) is 21.8. The van der Waals surface area contributed by atoms with Crippen molar-refractivity contribution in [1.82, 2.24) is 31.2 Å². The number of hydrogen-bond donors (Lipinski definition) is 8. The second-order valence-corrected chi connectivity index (χ2v) is 17.1. The topological polar surface area (TPSA) is 296 Å². The lowest BCUT2D eigenvalue weighted by Crippen LogP contribution is -2.56. The Morgan fingerprint density at radius 1 is 0.909 bits per heavy atom. The monoisotopic (exact) mass is 903 g/mol. The first-order chi connectivity index (χ1) is 31.4. The molecule has 1 aliphatic heterocycles. The SMILES string of the molecule is Cc1nc(-c2ccc(C(C)(C)C)cc2)c(N)cc1C(=O)N[C@@H](CCN)C(=O)N(C)[C@@H]1C(=O)N[C@@H](C)C(=O)N[C@H](C(=O)NCC#N)Cc2ccc(OCCN)c(c2)-c2cc1ccc2OCCN. The minimum Gasteiger partial charge on any atom is -0.492 e. The van der Waals surface area contributed by atoms with Crippen LogP contribution in [0.1, 0.15) is 72.9 Å². The number of amides is 5. The third-order valence-electron chi connectivity index (χ3n) is 11.1. The molecule has 4 aromatic rings. The summed E-state index contributed by atoms with van der Waals surface area (Å²) in [6.07, 6.45) is -0.0123. The van der Waals surface area contributed by atoms with Gasteiger partial charge < -0.3 is 58.6 Å². The number of nitrogens with one attached hydrogen (secondary N) is 4. The van der Waals surface area contributed by atoms with Gasteiger partial charge in [-0.2, -0.15) is 5.26 Å². The van der Waals surface area contributed by atoms with Crippen molar-refractivity contribution in [3.05, 3.63) is 94.7 Å². The van der Waals surface area contributed by atoms with E-state index in [1.165, 1.54) is 24.9 Å². The summed E-state index contributed by atoms with van der Waals surface area (Å²) in [6.45, 7) is 9.80. The van der Waals surface area contributed by atoms with Gasteiger partial charge in [0.1, 0.15) is 55.4 Å². The van der Waals surface area contributed by atoms with E-state index in [0.29, 0.717) is 45.1 Å². The quantitative estimate of drug-likeness (QED) is 0.0795. The van der Waals surface area contributed by atoms with Gasteiger partial charge in [0.25, 0.3) is 5.91 Å². The number of fused-ring (bicyclic) bond motifs is 5. The fourth-order valence-corrected chi connectivity index (χ4v) is 7.58. The number of aromatic nitrogens is 1.